The summed E-state index contributed by atoms with van der Waals surface area (Å²) in [6.45, 7) is 6.17. The van der Waals surface area contributed by atoms with Crippen LogP contribution in [0.3, 0.4) is 0 Å². The van der Waals surface area contributed by atoms with Gasteiger partial charge in [0, 0.05) is 17.8 Å². The van der Waals surface area contributed by atoms with Crippen LogP contribution in [0.1, 0.15) is 69.9 Å². The molecule has 41 heavy (non-hydrogen) atoms. The van der Waals surface area contributed by atoms with Gasteiger partial charge < -0.3 is 4.74 Å². The van der Waals surface area contributed by atoms with Crippen LogP contribution >= 0.6 is 0 Å². The smallest absolute Gasteiger partial charge is 0.297 e. The second-order valence-electron chi connectivity index (χ2n) is 13.3. The molecule has 0 bridgehead atoms. The number of carbonyl (C=O) groups is 2. The Hall–Kier alpha value is -2.77. The number of ether oxygens (including phenoxy) is 1. The molecule has 0 aliphatic heterocycles. The summed E-state index contributed by atoms with van der Waals surface area (Å²) in [5.74, 6) is 1.55. The van der Waals surface area contributed by atoms with Crippen LogP contribution in [0, 0.1) is 41.4 Å². The monoisotopic (exact) mass is 576 g/mol. The Kier molecular flexibility index (Phi) is 7.05. The maximum atomic E-state index is 13.9. The topological polar surface area (TPSA) is 86.7 Å². The quantitative estimate of drug-likeness (QED) is 0.296. The van der Waals surface area contributed by atoms with Gasteiger partial charge in [0.1, 0.15) is 11.5 Å². The lowest BCUT2D eigenvalue weighted by molar-refractivity contribution is -0.161. The van der Waals surface area contributed by atoms with Gasteiger partial charge in [-0.05, 0) is 110 Å². The van der Waals surface area contributed by atoms with Crippen LogP contribution in [-0.2, 0) is 23.9 Å². The Morgan fingerprint density at radius 3 is 2.34 bits per heavy atom. The summed E-state index contributed by atoms with van der Waals surface area (Å²) < 4.78 is 37.0. The summed E-state index contributed by atoms with van der Waals surface area (Å²) in [7, 11) is -2.21. The van der Waals surface area contributed by atoms with Crippen molar-refractivity contribution in [3.63, 3.8) is 0 Å². The number of hydrogen-bond donors (Lipinski definition) is 0. The van der Waals surface area contributed by atoms with Gasteiger partial charge in [-0.1, -0.05) is 43.7 Å². The fourth-order valence-corrected chi connectivity index (χ4v) is 9.89. The lowest BCUT2D eigenvalue weighted by Gasteiger charge is -2.59. The number of hydrogen-bond acceptors (Lipinski definition) is 6. The Bertz CT molecular complexity index is 1490. The van der Waals surface area contributed by atoms with E-state index in [9.17, 15) is 18.0 Å². The van der Waals surface area contributed by atoms with Crippen molar-refractivity contribution in [1.29, 1.82) is 0 Å². The van der Waals surface area contributed by atoms with Crippen LogP contribution in [0.4, 0.5) is 0 Å². The van der Waals surface area contributed by atoms with Crippen molar-refractivity contribution in [2.45, 2.75) is 76.7 Å². The molecule has 218 valence electrons. The highest BCUT2D eigenvalue weighted by atomic mass is 32.2. The van der Waals surface area contributed by atoms with E-state index in [2.05, 4.69) is 6.92 Å². The maximum absolute atomic E-state index is 13.9. The first-order valence-electron chi connectivity index (χ1n) is 14.9. The van der Waals surface area contributed by atoms with Crippen LogP contribution in [0.15, 0.2) is 59.0 Å². The minimum atomic E-state index is -3.85. The molecule has 0 N–H and O–H groups in total. The van der Waals surface area contributed by atoms with E-state index in [0.29, 0.717) is 25.7 Å². The largest absolute Gasteiger partial charge is 0.497 e. The van der Waals surface area contributed by atoms with E-state index in [1.165, 1.54) is 0 Å². The molecule has 6 rings (SSSR count). The third-order valence-corrected chi connectivity index (χ3v) is 12.4. The van der Waals surface area contributed by atoms with E-state index in [-0.39, 0.29) is 51.7 Å². The van der Waals surface area contributed by atoms with Gasteiger partial charge in [-0.15, -0.1) is 0 Å². The molecular weight excluding hydrogens is 536 g/mol. The van der Waals surface area contributed by atoms with Gasteiger partial charge in [-0.3, -0.25) is 13.8 Å². The predicted molar refractivity (Wildman–Crippen MR) is 157 cm³/mol. The van der Waals surface area contributed by atoms with Crippen molar-refractivity contribution in [2.24, 2.45) is 34.5 Å². The van der Waals surface area contributed by atoms with Crippen LogP contribution < -0.4 is 4.74 Å². The van der Waals surface area contributed by atoms with Crippen molar-refractivity contribution in [1.82, 2.24) is 0 Å². The van der Waals surface area contributed by atoms with Crippen molar-refractivity contribution in [3.8, 4) is 5.75 Å². The Labute approximate surface area is 243 Å². The molecule has 6 nitrogen and oxygen atoms in total. The number of Topliss-reactive ketones (excluding diaryl/α,β-unsaturated/α-hetero) is 2. The average Bonchev–Trinajstić information content (AvgIpc) is 3.18. The normalized spacial score (nSPS) is 36.0. The zero-order valence-corrected chi connectivity index (χ0v) is 25.2. The second kappa shape index (κ2) is 10.2. The molecule has 0 aromatic heterocycles. The average molecular weight is 577 g/mol. The number of allylic oxidation sites excluding steroid dienone is 1. The van der Waals surface area contributed by atoms with Crippen molar-refractivity contribution >= 4 is 27.8 Å². The minimum absolute atomic E-state index is 0.0953. The molecule has 0 spiro atoms. The summed E-state index contributed by atoms with van der Waals surface area (Å²) in [4.78, 5) is 27.9. The van der Waals surface area contributed by atoms with Crippen molar-refractivity contribution in [3.05, 3.63) is 65.2 Å². The summed E-state index contributed by atoms with van der Waals surface area (Å²) >= 11 is 0. The van der Waals surface area contributed by atoms with Crippen molar-refractivity contribution < 1.29 is 26.9 Å². The number of fused-ring (bicyclic) bond motifs is 5. The van der Waals surface area contributed by atoms with Gasteiger partial charge >= 0.3 is 0 Å². The number of ketones is 2. The number of aryl methyl sites for hydroxylation is 1. The number of benzene rings is 2. The van der Waals surface area contributed by atoms with E-state index in [0.717, 1.165) is 41.7 Å². The summed E-state index contributed by atoms with van der Waals surface area (Å²) in [5.41, 5.74) is 1.92. The Morgan fingerprint density at radius 1 is 0.951 bits per heavy atom. The first-order chi connectivity index (χ1) is 19.4. The molecule has 4 aliphatic rings. The highest BCUT2D eigenvalue weighted by Crippen LogP contribution is 2.65. The van der Waals surface area contributed by atoms with Crippen LogP contribution in [-0.4, -0.2) is 33.2 Å². The van der Waals surface area contributed by atoms with Crippen LogP contribution in [0.5, 0.6) is 5.75 Å². The molecule has 4 aliphatic carbocycles. The lowest BCUT2D eigenvalue weighted by Crippen LogP contribution is -2.57. The number of methoxy groups -OCH3 is 1. The van der Waals surface area contributed by atoms with Gasteiger partial charge in [0.05, 0.1) is 18.1 Å². The van der Waals surface area contributed by atoms with E-state index < -0.39 is 15.5 Å². The van der Waals surface area contributed by atoms with Gasteiger partial charge in [0.15, 0.2) is 5.78 Å². The summed E-state index contributed by atoms with van der Waals surface area (Å²) in [6.07, 6.45) is 6.43. The molecule has 4 fully saturated rings. The molecule has 0 amide bonds. The minimum Gasteiger partial charge on any atom is -0.497 e. The third-order valence-electron chi connectivity index (χ3n) is 11.0. The molecule has 0 saturated heterocycles. The Balaban J connectivity index is 1.21. The van der Waals surface area contributed by atoms with Gasteiger partial charge in [0.2, 0.25) is 0 Å². The highest BCUT2D eigenvalue weighted by Gasteiger charge is 2.64. The standard InChI is InChI=1S/C34H40O6S/c1-21-5-12-27(13-6-21)41(37,38)40-26-15-16-33(2)24(19-26)9-14-28-29-18-23(17-22-7-10-25(39-4)11-8-22)32(36)34(29,3)20-30(35)31(28)33/h5-8,10-13,17,24,26,28-29,31H,9,14-16,18-20H2,1-4H3/b23-17+/t24-,26+,28-,29+,31+,33-,34-/m0/s1. The molecule has 2 aromatic rings. The Morgan fingerprint density at radius 2 is 1.66 bits per heavy atom. The first kappa shape index (κ1) is 28.4. The van der Waals surface area contributed by atoms with Crippen LogP contribution in [0.2, 0.25) is 0 Å². The van der Waals surface area contributed by atoms with E-state index >= 15 is 0 Å². The second-order valence-corrected chi connectivity index (χ2v) is 14.9. The number of carbonyl (C=O) groups excluding carboxylic acids is 2. The molecule has 0 radical (unpaired) electrons. The lowest BCUT2D eigenvalue weighted by atomic mass is 9.45. The zero-order valence-electron chi connectivity index (χ0n) is 24.4. The molecule has 0 unspecified atom stereocenters. The van der Waals surface area contributed by atoms with Crippen molar-refractivity contribution in [2.75, 3.05) is 7.11 Å². The van der Waals surface area contributed by atoms with Gasteiger partial charge in [0.25, 0.3) is 10.1 Å². The summed E-state index contributed by atoms with van der Waals surface area (Å²) in [5, 5.41) is 0. The van der Waals surface area contributed by atoms with Gasteiger partial charge in [-0.25, -0.2) is 0 Å². The fourth-order valence-electron chi connectivity index (χ4n) is 8.78. The van der Waals surface area contributed by atoms with Crippen LogP contribution in [0.25, 0.3) is 6.08 Å². The first-order valence-corrected chi connectivity index (χ1v) is 16.3. The number of rotatable bonds is 5. The highest BCUT2D eigenvalue weighted by molar-refractivity contribution is 7.86. The van der Waals surface area contributed by atoms with E-state index in [1.807, 2.05) is 44.2 Å². The maximum Gasteiger partial charge on any atom is 0.297 e. The molecule has 7 heteroatoms. The van der Waals surface area contributed by atoms with Gasteiger partial charge in [-0.2, -0.15) is 8.42 Å². The third kappa shape index (κ3) is 4.79. The molecule has 7 atom stereocenters. The molecular formula is C34H40O6S. The molecule has 2 aromatic carbocycles. The zero-order chi connectivity index (χ0) is 29.2. The molecule has 4 saturated carbocycles. The van der Waals surface area contributed by atoms with E-state index in [4.69, 9.17) is 8.92 Å². The SMILES string of the molecule is COc1ccc(/C=C2\C[C@@H]3[C@@H]4CC[C@H]5C[C@H](OS(=O)(=O)c6ccc(C)cc6)CC[C@]5(C)[C@H]4C(=O)C[C@]3(C)C2=O)cc1. The molecule has 0 heterocycles. The summed E-state index contributed by atoms with van der Waals surface area (Å²) in [6, 6.07) is 14.5. The predicted octanol–water partition coefficient (Wildman–Crippen LogP) is 6.56. The fraction of sp³-hybridized carbons (Fsp3) is 0.529. The van der Waals surface area contributed by atoms with E-state index in [1.54, 1.807) is 31.4 Å².